The van der Waals surface area contributed by atoms with Gasteiger partial charge in [0.05, 0.1) is 18.4 Å². The fourth-order valence-electron chi connectivity index (χ4n) is 0.757. The topological polar surface area (TPSA) is 101 Å². The Kier molecular flexibility index (Phi) is 3.35. The minimum Gasteiger partial charge on any atom is -0.452 e. The van der Waals surface area contributed by atoms with E-state index in [1.165, 1.54) is 12.3 Å². The number of hydrogen-bond acceptors (Lipinski definition) is 4. The van der Waals surface area contributed by atoms with Crippen LogP contribution >= 0.6 is 11.6 Å². The highest BCUT2D eigenvalue weighted by molar-refractivity contribution is 6.32. The lowest BCUT2D eigenvalue weighted by Gasteiger charge is -2.01. The van der Waals surface area contributed by atoms with Gasteiger partial charge in [-0.25, -0.2) is 0 Å². The largest absolute Gasteiger partial charge is 0.452 e. The summed E-state index contributed by atoms with van der Waals surface area (Å²) in [5, 5.41) is 13.3. The fraction of sp³-hybridized carbons (Fsp3) is 0.143. The molecule has 4 N–H and O–H groups in total. The van der Waals surface area contributed by atoms with Gasteiger partial charge >= 0.3 is 0 Å². The minimum atomic E-state index is -0.449. The molecule has 0 aliphatic carbocycles. The van der Waals surface area contributed by atoms with Gasteiger partial charge in [0.2, 0.25) is 5.22 Å². The van der Waals surface area contributed by atoms with E-state index in [9.17, 15) is 4.79 Å². The number of nitrogens with zero attached hydrogens (tertiary/aromatic N) is 1. The van der Waals surface area contributed by atoms with Crippen LogP contribution in [-0.4, -0.2) is 23.5 Å². The molecule has 0 aliphatic heterocycles. The zero-order valence-electron chi connectivity index (χ0n) is 7.03. The van der Waals surface area contributed by atoms with Crippen molar-refractivity contribution in [1.29, 1.82) is 0 Å². The SMILES string of the molecule is N/C(CNC(=O)c1ccoc1Cl)=N/O. The number of halogens is 1. The molecule has 0 aliphatic rings. The number of carbonyl (C=O) groups is 1. The van der Waals surface area contributed by atoms with Crippen LogP contribution in [0.3, 0.4) is 0 Å². The first-order valence-corrected chi connectivity index (χ1v) is 4.00. The molecule has 0 radical (unpaired) electrons. The van der Waals surface area contributed by atoms with E-state index in [1.807, 2.05) is 0 Å². The molecule has 1 rings (SSSR count). The number of hydrogen-bond donors (Lipinski definition) is 3. The average Bonchev–Trinajstić information content (AvgIpc) is 2.60. The summed E-state index contributed by atoms with van der Waals surface area (Å²) in [6.45, 7) is -0.0587. The number of nitrogens with one attached hydrogen (secondary N) is 1. The summed E-state index contributed by atoms with van der Waals surface area (Å²) in [6.07, 6.45) is 1.29. The van der Waals surface area contributed by atoms with Gasteiger partial charge in [-0.2, -0.15) is 0 Å². The molecular weight excluding hydrogens is 210 g/mol. The highest BCUT2D eigenvalue weighted by atomic mass is 35.5. The summed E-state index contributed by atoms with van der Waals surface area (Å²) in [4.78, 5) is 11.3. The van der Waals surface area contributed by atoms with E-state index < -0.39 is 5.91 Å². The van der Waals surface area contributed by atoms with Gasteiger partial charge < -0.3 is 20.7 Å². The minimum absolute atomic E-state index is 0.00186. The lowest BCUT2D eigenvalue weighted by atomic mass is 10.3. The molecule has 7 heteroatoms. The lowest BCUT2D eigenvalue weighted by Crippen LogP contribution is -2.33. The molecule has 0 bridgehead atoms. The molecule has 76 valence electrons. The van der Waals surface area contributed by atoms with Crippen molar-refractivity contribution >= 4 is 23.3 Å². The lowest BCUT2D eigenvalue weighted by molar-refractivity contribution is 0.0958. The molecule has 1 aromatic rings. The van der Waals surface area contributed by atoms with E-state index in [1.54, 1.807) is 0 Å². The first-order valence-electron chi connectivity index (χ1n) is 3.62. The number of nitrogens with two attached hydrogens (primary N) is 1. The third-order valence-electron chi connectivity index (χ3n) is 1.42. The quantitative estimate of drug-likeness (QED) is 0.295. The molecular formula is C7H8ClN3O3. The predicted molar refractivity (Wildman–Crippen MR) is 49.5 cm³/mol. The number of amidine groups is 1. The molecule has 6 nitrogen and oxygen atoms in total. The van der Waals surface area contributed by atoms with Crippen molar-refractivity contribution in [2.75, 3.05) is 6.54 Å². The summed E-state index contributed by atoms with van der Waals surface area (Å²) in [5.74, 6) is -0.548. The van der Waals surface area contributed by atoms with Crippen LogP contribution in [0.2, 0.25) is 5.22 Å². The highest BCUT2D eigenvalue weighted by Gasteiger charge is 2.12. The van der Waals surface area contributed by atoms with Gasteiger partial charge in [0, 0.05) is 0 Å². The Bertz CT molecular complexity index is 361. The van der Waals surface area contributed by atoms with Gasteiger partial charge in [-0.05, 0) is 17.7 Å². The zero-order chi connectivity index (χ0) is 10.6. The van der Waals surface area contributed by atoms with Crippen LogP contribution < -0.4 is 11.1 Å². The maximum atomic E-state index is 11.3. The van der Waals surface area contributed by atoms with Crippen LogP contribution in [0.25, 0.3) is 0 Å². The Morgan fingerprint density at radius 1 is 1.79 bits per heavy atom. The molecule has 0 saturated heterocycles. The maximum Gasteiger partial charge on any atom is 0.256 e. The standard InChI is InChI=1S/C7H8ClN3O3/c8-6-4(1-2-14-6)7(12)10-3-5(9)11-13/h1-2,13H,3H2,(H2,9,11)(H,10,12). The van der Waals surface area contributed by atoms with Gasteiger partial charge in [0.25, 0.3) is 5.91 Å². The molecule has 0 saturated carbocycles. The van der Waals surface area contributed by atoms with Crippen molar-refractivity contribution < 1.29 is 14.4 Å². The van der Waals surface area contributed by atoms with E-state index in [-0.39, 0.29) is 23.2 Å². The first kappa shape index (κ1) is 10.4. The smallest absolute Gasteiger partial charge is 0.256 e. The average molecular weight is 218 g/mol. The van der Waals surface area contributed by atoms with Gasteiger partial charge in [0.15, 0.2) is 5.84 Å². The molecule has 1 amide bonds. The monoisotopic (exact) mass is 217 g/mol. The van der Waals surface area contributed by atoms with Gasteiger partial charge in [-0.3, -0.25) is 4.79 Å². The van der Waals surface area contributed by atoms with Crippen molar-refractivity contribution in [2.24, 2.45) is 10.9 Å². The normalized spacial score (nSPS) is 11.4. The van der Waals surface area contributed by atoms with Crippen molar-refractivity contribution in [3.63, 3.8) is 0 Å². The summed E-state index contributed by atoms with van der Waals surface area (Å²) in [6, 6.07) is 1.42. The fourth-order valence-corrected chi connectivity index (χ4v) is 0.957. The van der Waals surface area contributed by atoms with Crippen molar-refractivity contribution in [2.45, 2.75) is 0 Å². The number of rotatable bonds is 3. The molecule has 0 fully saturated rings. The molecule has 0 atom stereocenters. The Balaban J connectivity index is 2.56. The summed E-state index contributed by atoms with van der Waals surface area (Å²) < 4.78 is 4.71. The summed E-state index contributed by atoms with van der Waals surface area (Å²) in [7, 11) is 0. The van der Waals surface area contributed by atoms with E-state index in [0.717, 1.165) is 0 Å². The van der Waals surface area contributed by atoms with E-state index in [4.69, 9.17) is 27.0 Å². The predicted octanol–water partition coefficient (Wildman–Crippen LogP) is 0.409. The second-order valence-corrected chi connectivity index (χ2v) is 2.73. The van der Waals surface area contributed by atoms with Crippen LogP contribution in [0.5, 0.6) is 0 Å². The summed E-state index contributed by atoms with van der Waals surface area (Å²) >= 11 is 5.55. The number of furan rings is 1. The second kappa shape index (κ2) is 4.52. The highest BCUT2D eigenvalue weighted by Crippen LogP contribution is 2.15. The maximum absolute atomic E-state index is 11.3. The van der Waals surface area contributed by atoms with Gasteiger partial charge in [-0.1, -0.05) is 5.16 Å². The zero-order valence-corrected chi connectivity index (χ0v) is 7.78. The van der Waals surface area contributed by atoms with Crippen molar-refractivity contribution in [3.8, 4) is 0 Å². The molecule has 14 heavy (non-hydrogen) atoms. The van der Waals surface area contributed by atoms with E-state index >= 15 is 0 Å². The Hall–Kier alpha value is -1.69. The van der Waals surface area contributed by atoms with Crippen molar-refractivity contribution in [3.05, 3.63) is 23.1 Å². The molecule has 0 aromatic carbocycles. The van der Waals surface area contributed by atoms with Crippen molar-refractivity contribution in [1.82, 2.24) is 5.32 Å². The van der Waals surface area contributed by atoms with Crippen LogP contribution in [0.15, 0.2) is 21.9 Å². The summed E-state index contributed by atoms with van der Waals surface area (Å²) in [5.41, 5.74) is 5.35. The first-order chi connectivity index (χ1) is 6.65. The van der Waals surface area contributed by atoms with Crippen LogP contribution in [0.4, 0.5) is 0 Å². The molecule has 0 unspecified atom stereocenters. The van der Waals surface area contributed by atoms with Gasteiger partial charge in [-0.15, -0.1) is 0 Å². The van der Waals surface area contributed by atoms with E-state index in [2.05, 4.69) is 10.5 Å². The Morgan fingerprint density at radius 2 is 2.50 bits per heavy atom. The van der Waals surface area contributed by atoms with E-state index in [0.29, 0.717) is 0 Å². The Morgan fingerprint density at radius 3 is 3.00 bits per heavy atom. The van der Waals surface area contributed by atoms with Crippen LogP contribution in [-0.2, 0) is 0 Å². The third-order valence-corrected chi connectivity index (χ3v) is 1.71. The number of amides is 1. The third kappa shape index (κ3) is 2.40. The number of oxime groups is 1. The Labute approximate surface area is 84.3 Å². The van der Waals surface area contributed by atoms with Gasteiger partial charge in [0.1, 0.15) is 0 Å². The van der Waals surface area contributed by atoms with Crippen LogP contribution in [0, 0.1) is 0 Å². The molecule has 1 heterocycles. The second-order valence-electron chi connectivity index (χ2n) is 2.38. The molecule has 1 aromatic heterocycles. The molecule has 0 spiro atoms. The van der Waals surface area contributed by atoms with Crippen LogP contribution in [0.1, 0.15) is 10.4 Å². The number of carbonyl (C=O) groups excluding carboxylic acids is 1.